The molecule has 0 bridgehead atoms. The molecule has 0 heterocycles. The first kappa shape index (κ1) is 14.5. The van der Waals surface area contributed by atoms with Crippen molar-refractivity contribution in [1.29, 1.82) is 0 Å². The molecule has 0 unspecified atom stereocenters. The second kappa shape index (κ2) is 7.01. The molecule has 0 radical (unpaired) electrons. The Morgan fingerprint density at radius 1 is 1.26 bits per heavy atom. The summed E-state index contributed by atoms with van der Waals surface area (Å²) < 4.78 is 5.17. The van der Waals surface area contributed by atoms with E-state index in [2.05, 4.69) is 5.32 Å². The summed E-state index contributed by atoms with van der Waals surface area (Å²) in [6.45, 7) is 0.161. The van der Waals surface area contributed by atoms with E-state index in [0.29, 0.717) is 10.0 Å². The standard InChI is InChI=1S/C14H17Cl2NO2/c15-11-7-6-10(13(16)8-11)9-19-14(18)17-12-4-2-1-3-5-12/h6-8,12H,1-5,9H2,(H,17,18). The van der Waals surface area contributed by atoms with Gasteiger partial charge in [-0.15, -0.1) is 0 Å². The third-order valence-corrected chi connectivity index (χ3v) is 3.89. The fourth-order valence-corrected chi connectivity index (χ4v) is 2.70. The fourth-order valence-electron chi connectivity index (χ4n) is 2.24. The van der Waals surface area contributed by atoms with E-state index in [1.807, 2.05) is 0 Å². The Hall–Kier alpha value is -0.930. The number of carbonyl (C=O) groups is 1. The van der Waals surface area contributed by atoms with Crippen LogP contribution in [-0.2, 0) is 11.3 Å². The molecule has 1 saturated carbocycles. The topological polar surface area (TPSA) is 38.3 Å². The second-order valence-electron chi connectivity index (χ2n) is 4.79. The third kappa shape index (κ3) is 4.59. The van der Waals surface area contributed by atoms with Crippen molar-refractivity contribution in [1.82, 2.24) is 5.32 Å². The maximum atomic E-state index is 11.7. The van der Waals surface area contributed by atoms with E-state index in [1.54, 1.807) is 18.2 Å². The lowest BCUT2D eigenvalue weighted by Crippen LogP contribution is -2.36. The summed E-state index contributed by atoms with van der Waals surface area (Å²) >= 11 is 11.8. The maximum absolute atomic E-state index is 11.7. The average Bonchev–Trinajstić information content (AvgIpc) is 2.39. The molecule has 1 aliphatic rings. The van der Waals surface area contributed by atoms with Crippen LogP contribution < -0.4 is 5.32 Å². The molecule has 1 aromatic rings. The molecule has 0 spiro atoms. The lowest BCUT2D eigenvalue weighted by atomic mass is 9.96. The van der Waals surface area contributed by atoms with Gasteiger partial charge in [0.05, 0.1) is 0 Å². The van der Waals surface area contributed by atoms with Crippen LogP contribution in [-0.4, -0.2) is 12.1 Å². The van der Waals surface area contributed by atoms with E-state index < -0.39 is 0 Å². The average molecular weight is 302 g/mol. The first-order chi connectivity index (χ1) is 9.15. The number of hydrogen-bond donors (Lipinski definition) is 1. The van der Waals surface area contributed by atoms with Gasteiger partial charge < -0.3 is 10.1 Å². The number of benzene rings is 1. The van der Waals surface area contributed by atoms with Crippen LogP contribution in [0.2, 0.25) is 10.0 Å². The van der Waals surface area contributed by atoms with Crippen LogP contribution in [0.15, 0.2) is 18.2 Å². The predicted molar refractivity (Wildman–Crippen MR) is 76.7 cm³/mol. The summed E-state index contributed by atoms with van der Waals surface area (Å²) in [5.41, 5.74) is 0.755. The van der Waals surface area contributed by atoms with Crippen LogP contribution in [0.1, 0.15) is 37.7 Å². The zero-order chi connectivity index (χ0) is 13.7. The Kier molecular flexibility index (Phi) is 5.34. The van der Waals surface area contributed by atoms with E-state index >= 15 is 0 Å². The van der Waals surface area contributed by atoms with Crippen LogP contribution in [0.5, 0.6) is 0 Å². The van der Waals surface area contributed by atoms with Gasteiger partial charge in [0.1, 0.15) is 6.61 Å². The molecular formula is C14H17Cl2NO2. The largest absolute Gasteiger partial charge is 0.445 e. The van der Waals surface area contributed by atoms with Gasteiger partial charge in [-0.05, 0) is 25.0 Å². The predicted octanol–water partition coefficient (Wildman–Crippen LogP) is 4.55. The van der Waals surface area contributed by atoms with Crippen molar-refractivity contribution in [3.63, 3.8) is 0 Å². The van der Waals surface area contributed by atoms with Gasteiger partial charge in [-0.2, -0.15) is 0 Å². The van der Waals surface area contributed by atoms with E-state index in [9.17, 15) is 4.79 Å². The summed E-state index contributed by atoms with van der Waals surface area (Å²) in [7, 11) is 0. The first-order valence-electron chi connectivity index (χ1n) is 6.52. The molecule has 3 nitrogen and oxygen atoms in total. The molecule has 0 aliphatic heterocycles. The quantitative estimate of drug-likeness (QED) is 0.889. The van der Waals surface area contributed by atoms with Crippen molar-refractivity contribution in [3.8, 4) is 0 Å². The zero-order valence-corrected chi connectivity index (χ0v) is 12.1. The fraction of sp³-hybridized carbons (Fsp3) is 0.500. The number of alkyl carbamates (subject to hydrolysis) is 1. The number of nitrogens with one attached hydrogen (secondary N) is 1. The van der Waals surface area contributed by atoms with Gasteiger partial charge in [-0.3, -0.25) is 0 Å². The van der Waals surface area contributed by atoms with Crippen LogP contribution in [0.25, 0.3) is 0 Å². The lowest BCUT2D eigenvalue weighted by Gasteiger charge is -2.22. The molecule has 1 amide bonds. The smallest absolute Gasteiger partial charge is 0.407 e. The molecular weight excluding hydrogens is 285 g/mol. The van der Waals surface area contributed by atoms with Crippen LogP contribution in [0.3, 0.4) is 0 Å². The number of ether oxygens (including phenoxy) is 1. The molecule has 0 atom stereocenters. The summed E-state index contributed by atoms with van der Waals surface area (Å²) in [5, 5.41) is 3.97. The number of halogens is 2. The second-order valence-corrected chi connectivity index (χ2v) is 5.63. The molecule has 0 aromatic heterocycles. The number of amides is 1. The van der Waals surface area contributed by atoms with Gasteiger partial charge in [0.2, 0.25) is 0 Å². The monoisotopic (exact) mass is 301 g/mol. The Bertz CT molecular complexity index is 445. The summed E-state index contributed by atoms with van der Waals surface area (Å²) in [4.78, 5) is 11.7. The van der Waals surface area contributed by atoms with Gasteiger partial charge in [-0.25, -0.2) is 4.79 Å². The van der Waals surface area contributed by atoms with E-state index in [4.69, 9.17) is 27.9 Å². The molecule has 1 aromatic carbocycles. The van der Waals surface area contributed by atoms with Gasteiger partial charge in [-0.1, -0.05) is 48.5 Å². The lowest BCUT2D eigenvalue weighted by molar-refractivity contribution is 0.133. The minimum absolute atomic E-state index is 0.161. The van der Waals surface area contributed by atoms with Crippen molar-refractivity contribution >= 4 is 29.3 Å². The Morgan fingerprint density at radius 2 is 2.00 bits per heavy atom. The minimum Gasteiger partial charge on any atom is -0.445 e. The molecule has 19 heavy (non-hydrogen) atoms. The minimum atomic E-state index is -0.377. The number of carbonyl (C=O) groups excluding carboxylic acids is 1. The molecule has 1 fully saturated rings. The summed E-state index contributed by atoms with van der Waals surface area (Å²) in [5.74, 6) is 0. The summed E-state index contributed by atoms with van der Waals surface area (Å²) in [6.07, 6.45) is 5.31. The number of rotatable bonds is 3. The van der Waals surface area contributed by atoms with Gasteiger partial charge in [0.25, 0.3) is 0 Å². The van der Waals surface area contributed by atoms with Gasteiger partial charge >= 0.3 is 6.09 Å². The highest BCUT2D eigenvalue weighted by atomic mass is 35.5. The summed E-state index contributed by atoms with van der Waals surface area (Å²) in [6, 6.07) is 5.38. The van der Waals surface area contributed by atoms with Crippen molar-refractivity contribution in [2.24, 2.45) is 0 Å². The van der Waals surface area contributed by atoms with Crippen molar-refractivity contribution in [3.05, 3.63) is 33.8 Å². The highest BCUT2D eigenvalue weighted by molar-refractivity contribution is 6.35. The highest BCUT2D eigenvalue weighted by Gasteiger charge is 2.16. The first-order valence-corrected chi connectivity index (χ1v) is 7.28. The number of hydrogen-bond acceptors (Lipinski definition) is 2. The molecule has 0 saturated heterocycles. The molecule has 104 valence electrons. The zero-order valence-electron chi connectivity index (χ0n) is 10.6. The Morgan fingerprint density at radius 3 is 2.68 bits per heavy atom. The maximum Gasteiger partial charge on any atom is 0.407 e. The van der Waals surface area contributed by atoms with Gasteiger partial charge in [0, 0.05) is 21.7 Å². The molecule has 1 aliphatic carbocycles. The van der Waals surface area contributed by atoms with Crippen LogP contribution in [0, 0.1) is 0 Å². The van der Waals surface area contributed by atoms with Crippen molar-refractivity contribution in [2.75, 3.05) is 0 Å². The van der Waals surface area contributed by atoms with Crippen LogP contribution >= 0.6 is 23.2 Å². The van der Waals surface area contributed by atoms with Crippen molar-refractivity contribution in [2.45, 2.75) is 44.8 Å². The Labute approximate surface area is 123 Å². The van der Waals surface area contributed by atoms with Crippen molar-refractivity contribution < 1.29 is 9.53 Å². The van der Waals surface area contributed by atoms with E-state index in [-0.39, 0.29) is 18.7 Å². The van der Waals surface area contributed by atoms with Gasteiger partial charge in [0.15, 0.2) is 0 Å². The highest BCUT2D eigenvalue weighted by Crippen LogP contribution is 2.22. The molecule has 5 heteroatoms. The molecule has 1 N–H and O–H groups in total. The third-order valence-electron chi connectivity index (χ3n) is 3.30. The van der Waals surface area contributed by atoms with E-state index in [0.717, 1.165) is 18.4 Å². The normalized spacial score (nSPS) is 16.1. The SMILES string of the molecule is O=C(NC1CCCCC1)OCc1ccc(Cl)cc1Cl. The molecule has 2 rings (SSSR count). The van der Waals surface area contributed by atoms with E-state index in [1.165, 1.54) is 19.3 Å². The van der Waals surface area contributed by atoms with Crippen LogP contribution in [0.4, 0.5) is 4.79 Å². The Balaban J connectivity index is 1.79.